The van der Waals surface area contributed by atoms with Gasteiger partial charge in [0, 0.05) is 17.5 Å². The number of hydrogen-bond acceptors (Lipinski definition) is 4. The van der Waals surface area contributed by atoms with Gasteiger partial charge in [0.15, 0.2) is 5.13 Å². The normalized spacial score (nSPS) is 24.1. The van der Waals surface area contributed by atoms with Crippen molar-refractivity contribution in [1.82, 2.24) is 9.88 Å². The molecule has 1 atom stereocenters. The first-order chi connectivity index (χ1) is 8.29. The second kappa shape index (κ2) is 4.42. The molecule has 2 heterocycles. The fourth-order valence-corrected chi connectivity index (χ4v) is 3.92. The molecule has 17 heavy (non-hydrogen) atoms. The van der Waals surface area contributed by atoms with E-state index in [-0.39, 0.29) is 0 Å². The van der Waals surface area contributed by atoms with Crippen LogP contribution >= 0.6 is 11.3 Å². The lowest BCUT2D eigenvalue weighted by atomic mass is 9.87. The number of nitrogens with two attached hydrogens (primary N) is 1. The Balaban J connectivity index is 1.95. The van der Waals surface area contributed by atoms with Crippen LogP contribution in [0.25, 0.3) is 5.57 Å². The Morgan fingerprint density at radius 3 is 3.29 bits per heavy atom. The van der Waals surface area contributed by atoms with Crippen molar-refractivity contribution >= 4 is 22.0 Å². The largest absolute Gasteiger partial charge is 0.375 e. The molecule has 0 bridgehead atoms. The third kappa shape index (κ3) is 1.89. The summed E-state index contributed by atoms with van der Waals surface area (Å²) in [5, 5.41) is 0.726. The quantitative estimate of drug-likeness (QED) is 0.876. The molecule has 3 nitrogen and oxygen atoms in total. The minimum Gasteiger partial charge on any atom is -0.375 e. The number of hydrogen-bond donors (Lipinski definition) is 1. The van der Waals surface area contributed by atoms with Crippen LogP contribution in [0.1, 0.15) is 36.8 Å². The van der Waals surface area contributed by atoms with Crippen molar-refractivity contribution in [3.05, 3.63) is 16.6 Å². The second-order valence-electron chi connectivity index (χ2n) is 4.86. The minimum atomic E-state index is 0.595. The van der Waals surface area contributed by atoms with Crippen LogP contribution < -0.4 is 5.73 Å². The standard InChI is InChI=1S/C13H19N3S/c1-2-7-16-8-3-4-9-10(16)5-6-11-12(9)15-13(14)17-11/h4,10H,2-3,5-8H2,1H3,(H2,14,15)/t10-/m0/s1. The van der Waals surface area contributed by atoms with Gasteiger partial charge >= 0.3 is 0 Å². The summed E-state index contributed by atoms with van der Waals surface area (Å²) >= 11 is 1.67. The van der Waals surface area contributed by atoms with Gasteiger partial charge < -0.3 is 5.73 Å². The highest BCUT2D eigenvalue weighted by Crippen LogP contribution is 2.39. The van der Waals surface area contributed by atoms with Crippen LogP contribution in [-0.2, 0) is 6.42 Å². The van der Waals surface area contributed by atoms with E-state index in [2.05, 4.69) is 22.9 Å². The van der Waals surface area contributed by atoms with Crippen molar-refractivity contribution in [2.45, 2.75) is 38.6 Å². The van der Waals surface area contributed by atoms with Crippen molar-refractivity contribution in [2.24, 2.45) is 0 Å². The summed E-state index contributed by atoms with van der Waals surface area (Å²) in [6.07, 6.45) is 7.15. The summed E-state index contributed by atoms with van der Waals surface area (Å²) in [7, 11) is 0. The predicted molar refractivity (Wildman–Crippen MR) is 73.1 cm³/mol. The zero-order valence-electron chi connectivity index (χ0n) is 10.3. The van der Waals surface area contributed by atoms with Crippen molar-refractivity contribution in [2.75, 3.05) is 18.8 Å². The molecule has 2 aliphatic rings. The van der Waals surface area contributed by atoms with Crippen LogP contribution in [-0.4, -0.2) is 29.0 Å². The molecule has 0 saturated carbocycles. The number of fused-ring (bicyclic) bond motifs is 3. The van der Waals surface area contributed by atoms with Crippen LogP contribution in [0.5, 0.6) is 0 Å². The molecule has 1 aliphatic carbocycles. The molecule has 1 aliphatic heterocycles. The molecular formula is C13H19N3S. The number of aromatic nitrogens is 1. The average Bonchev–Trinajstić information content (AvgIpc) is 2.70. The fourth-order valence-electron chi connectivity index (χ4n) is 3.05. The molecule has 1 aromatic rings. The summed E-state index contributed by atoms with van der Waals surface area (Å²) in [5.41, 5.74) is 8.48. The van der Waals surface area contributed by atoms with Gasteiger partial charge in [-0.1, -0.05) is 13.0 Å². The molecular weight excluding hydrogens is 230 g/mol. The second-order valence-corrected chi connectivity index (χ2v) is 5.98. The third-order valence-electron chi connectivity index (χ3n) is 3.72. The predicted octanol–water partition coefficient (Wildman–Crippen LogP) is 2.54. The van der Waals surface area contributed by atoms with Gasteiger partial charge in [-0.15, -0.1) is 11.3 Å². The van der Waals surface area contributed by atoms with E-state index in [1.54, 1.807) is 11.3 Å². The first-order valence-electron chi connectivity index (χ1n) is 6.49. The lowest BCUT2D eigenvalue weighted by molar-refractivity contribution is 0.219. The van der Waals surface area contributed by atoms with Gasteiger partial charge in [0.1, 0.15) is 0 Å². The van der Waals surface area contributed by atoms with E-state index in [1.165, 1.54) is 42.1 Å². The summed E-state index contributed by atoms with van der Waals surface area (Å²) in [5.74, 6) is 0. The molecule has 0 radical (unpaired) electrons. The Bertz CT molecular complexity index is 450. The zero-order valence-corrected chi connectivity index (χ0v) is 11.1. The highest BCUT2D eigenvalue weighted by atomic mass is 32.1. The molecule has 1 aromatic heterocycles. The topological polar surface area (TPSA) is 42.2 Å². The smallest absolute Gasteiger partial charge is 0.180 e. The van der Waals surface area contributed by atoms with E-state index in [0.717, 1.165) is 18.0 Å². The Morgan fingerprint density at radius 1 is 1.59 bits per heavy atom. The first-order valence-corrected chi connectivity index (χ1v) is 7.31. The van der Waals surface area contributed by atoms with Crippen LogP contribution in [0.4, 0.5) is 5.13 Å². The molecule has 0 aromatic carbocycles. The van der Waals surface area contributed by atoms with Gasteiger partial charge in [-0.25, -0.2) is 4.98 Å². The van der Waals surface area contributed by atoms with E-state index < -0.39 is 0 Å². The summed E-state index contributed by atoms with van der Waals surface area (Å²) < 4.78 is 0. The monoisotopic (exact) mass is 249 g/mol. The Labute approximate surface area is 106 Å². The van der Waals surface area contributed by atoms with Gasteiger partial charge in [-0.05, 0) is 37.8 Å². The van der Waals surface area contributed by atoms with E-state index in [1.807, 2.05) is 0 Å². The van der Waals surface area contributed by atoms with Crippen LogP contribution in [0.15, 0.2) is 6.08 Å². The van der Waals surface area contributed by atoms with E-state index >= 15 is 0 Å². The molecule has 92 valence electrons. The number of aryl methyl sites for hydroxylation is 1. The van der Waals surface area contributed by atoms with Crippen LogP contribution in [0.3, 0.4) is 0 Å². The van der Waals surface area contributed by atoms with E-state index in [0.29, 0.717) is 6.04 Å². The third-order valence-corrected chi connectivity index (χ3v) is 4.67. The first kappa shape index (κ1) is 11.2. The van der Waals surface area contributed by atoms with E-state index in [4.69, 9.17) is 5.73 Å². The van der Waals surface area contributed by atoms with Gasteiger partial charge in [0.25, 0.3) is 0 Å². The molecule has 0 unspecified atom stereocenters. The van der Waals surface area contributed by atoms with E-state index in [9.17, 15) is 0 Å². The molecule has 0 fully saturated rings. The Morgan fingerprint density at radius 2 is 2.47 bits per heavy atom. The number of thiazole rings is 1. The maximum Gasteiger partial charge on any atom is 0.180 e. The maximum atomic E-state index is 5.84. The van der Waals surface area contributed by atoms with Crippen LogP contribution in [0, 0.1) is 0 Å². The molecule has 0 spiro atoms. The molecule has 4 heteroatoms. The highest BCUT2D eigenvalue weighted by molar-refractivity contribution is 7.15. The zero-order chi connectivity index (χ0) is 11.8. The highest BCUT2D eigenvalue weighted by Gasteiger charge is 2.32. The molecule has 3 rings (SSSR count). The van der Waals surface area contributed by atoms with Gasteiger partial charge in [0.05, 0.1) is 5.69 Å². The minimum absolute atomic E-state index is 0.595. The lowest BCUT2D eigenvalue weighted by Gasteiger charge is -2.38. The summed E-state index contributed by atoms with van der Waals surface area (Å²) in [6, 6.07) is 0.595. The van der Waals surface area contributed by atoms with Crippen LogP contribution in [0.2, 0.25) is 0 Å². The number of anilines is 1. The Kier molecular flexibility index (Phi) is 2.92. The Hall–Kier alpha value is -0.870. The molecule has 2 N–H and O–H groups in total. The fraction of sp³-hybridized carbons (Fsp3) is 0.615. The molecule has 0 amide bonds. The SMILES string of the molecule is CCCN1CCC=C2c3nc(N)sc3CC[C@@H]21. The van der Waals surface area contributed by atoms with Gasteiger partial charge in [0.2, 0.25) is 0 Å². The van der Waals surface area contributed by atoms with Crippen molar-refractivity contribution < 1.29 is 0 Å². The van der Waals surface area contributed by atoms with Gasteiger partial charge in [-0.2, -0.15) is 0 Å². The van der Waals surface area contributed by atoms with Crippen molar-refractivity contribution in [3.63, 3.8) is 0 Å². The number of nitrogen functional groups attached to an aromatic ring is 1. The number of rotatable bonds is 2. The van der Waals surface area contributed by atoms with Crippen molar-refractivity contribution in [3.8, 4) is 0 Å². The summed E-state index contributed by atoms with van der Waals surface area (Å²) in [6.45, 7) is 4.67. The number of nitrogens with zero attached hydrogens (tertiary/aromatic N) is 2. The maximum absolute atomic E-state index is 5.84. The molecule has 0 saturated heterocycles. The van der Waals surface area contributed by atoms with Gasteiger partial charge in [-0.3, -0.25) is 4.90 Å². The lowest BCUT2D eigenvalue weighted by Crippen LogP contribution is -2.41. The average molecular weight is 249 g/mol. The van der Waals surface area contributed by atoms with Crippen molar-refractivity contribution in [1.29, 1.82) is 0 Å². The summed E-state index contributed by atoms with van der Waals surface area (Å²) in [4.78, 5) is 8.54.